The summed E-state index contributed by atoms with van der Waals surface area (Å²) < 4.78 is 1.90. The molecule has 0 fully saturated rings. The van der Waals surface area contributed by atoms with Crippen molar-refractivity contribution in [3.8, 4) is 5.69 Å². The number of likely N-dealkylation sites (N-methyl/N-ethyl adjacent to an activating group) is 1. The van der Waals surface area contributed by atoms with Gasteiger partial charge in [0, 0.05) is 11.3 Å². The molecule has 0 radical (unpaired) electrons. The first-order valence-electron chi connectivity index (χ1n) is 6.57. The molecule has 2 rings (SSSR count). The second-order valence-corrected chi connectivity index (χ2v) is 4.98. The van der Waals surface area contributed by atoms with Crippen LogP contribution >= 0.6 is 0 Å². The minimum atomic E-state index is 0.00801. The zero-order valence-corrected chi connectivity index (χ0v) is 12.0. The fourth-order valence-electron chi connectivity index (χ4n) is 2.30. The minimum absolute atomic E-state index is 0.00801. The maximum atomic E-state index is 12.0. The van der Waals surface area contributed by atoms with Gasteiger partial charge in [-0.1, -0.05) is 12.1 Å². The molecule has 0 amide bonds. The molecule has 0 unspecified atom stereocenters. The molecule has 1 aromatic carbocycles. The molecule has 0 aliphatic carbocycles. The second kappa shape index (κ2) is 5.45. The summed E-state index contributed by atoms with van der Waals surface area (Å²) in [6.45, 7) is 6.91. The van der Waals surface area contributed by atoms with Gasteiger partial charge in [0.2, 0.25) is 0 Å². The highest BCUT2D eigenvalue weighted by Crippen LogP contribution is 2.17. The number of rotatable bonds is 4. The molecule has 19 heavy (non-hydrogen) atoms. The van der Waals surface area contributed by atoms with Crippen molar-refractivity contribution in [2.45, 2.75) is 27.2 Å². The molecule has 4 nitrogen and oxygen atoms in total. The zero-order chi connectivity index (χ0) is 14.0. The minimum Gasteiger partial charge on any atom is -0.319 e. The summed E-state index contributed by atoms with van der Waals surface area (Å²) in [5.74, 6) is 0. The lowest BCUT2D eigenvalue weighted by atomic mass is 10.1. The Balaban J connectivity index is 2.51. The standard InChI is InChI=1S/C15H21N3O/c1-10-5-6-11(2)14(9-10)18-12(3)13(7-8-16-4)15(19)17-18/h5-6,9,16H,7-8H2,1-4H3,(H,17,19). The van der Waals surface area contributed by atoms with Gasteiger partial charge >= 0.3 is 0 Å². The van der Waals surface area contributed by atoms with Crippen molar-refractivity contribution < 1.29 is 0 Å². The fourth-order valence-corrected chi connectivity index (χ4v) is 2.30. The smallest absolute Gasteiger partial charge is 0.267 e. The number of aromatic nitrogens is 2. The van der Waals surface area contributed by atoms with Gasteiger partial charge in [-0.05, 0) is 58.0 Å². The van der Waals surface area contributed by atoms with Gasteiger partial charge in [0.05, 0.1) is 5.69 Å². The topological polar surface area (TPSA) is 49.8 Å². The lowest BCUT2D eigenvalue weighted by molar-refractivity contribution is 0.783. The van der Waals surface area contributed by atoms with Crippen LogP contribution in [-0.2, 0) is 6.42 Å². The Morgan fingerprint density at radius 2 is 2.00 bits per heavy atom. The van der Waals surface area contributed by atoms with E-state index in [2.05, 4.69) is 42.5 Å². The number of hydrogen-bond donors (Lipinski definition) is 2. The third kappa shape index (κ3) is 2.63. The molecular weight excluding hydrogens is 238 g/mol. The first-order valence-corrected chi connectivity index (χ1v) is 6.57. The Morgan fingerprint density at radius 3 is 2.68 bits per heavy atom. The molecule has 102 valence electrons. The summed E-state index contributed by atoms with van der Waals surface area (Å²) in [5, 5.41) is 6.02. The molecular formula is C15H21N3O. The largest absolute Gasteiger partial charge is 0.319 e. The highest BCUT2D eigenvalue weighted by atomic mass is 16.1. The SMILES string of the molecule is CNCCc1c(C)n(-c2cc(C)ccc2C)[nH]c1=O. The van der Waals surface area contributed by atoms with Crippen LogP contribution in [0.1, 0.15) is 22.4 Å². The molecule has 2 N–H and O–H groups in total. The third-order valence-electron chi connectivity index (χ3n) is 3.49. The van der Waals surface area contributed by atoms with E-state index in [9.17, 15) is 4.79 Å². The molecule has 0 saturated carbocycles. The van der Waals surface area contributed by atoms with Gasteiger partial charge in [0.15, 0.2) is 0 Å². The first kappa shape index (κ1) is 13.6. The van der Waals surface area contributed by atoms with E-state index in [0.29, 0.717) is 0 Å². The summed E-state index contributed by atoms with van der Waals surface area (Å²) in [6.07, 6.45) is 0.746. The Labute approximate surface area is 113 Å². The van der Waals surface area contributed by atoms with Crippen molar-refractivity contribution in [2.24, 2.45) is 0 Å². The van der Waals surface area contributed by atoms with E-state index >= 15 is 0 Å². The van der Waals surface area contributed by atoms with Crippen molar-refractivity contribution in [2.75, 3.05) is 13.6 Å². The average molecular weight is 259 g/mol. The number of aryl methyl sites for hydroxylation is 2. The van der Waals surface area contributed by atoms with Crippen molar-refractivity contribution in [1.82, 2.24) is 15.1 Å². The van der Waals surface area contributed by atoms with Crippen molar-refractivity contribution in [3.63, 3.8) is 0 Å². The number of H-pyrrole nitrogens is 1. The van der Waals surface area contributed by atoms with Crippen molar-refractivity contribution in [3.05, 3.63) is 50.9 Å². The summed E-state index contributed by atoms with van der Waals surface area (Å²) in [5.41, 5.74) is 5.25. The van der Waals surface area contributed by atoms with Crippen LogP contribution in [0.25, 0.3) is 5.69 Å². The summed E-state index contributed by atoms with van der Waals surface area (Å²) >= 11 is 0. The highest BCUT2D eigenvalue weighted by Gasteiger charge is 2.13. The monoisotopic (exact) mass is 259 g/mol. The van der Waals surface area contributed by atoms with Crippen LogP contribution < -0.4 is 10.9 Å². The average Bonchev–Trinajstić information content (AvgIpc) is 2.66. The normalized spacial score (nSPS) is 10.9. The molecule has 0 aliphatic rings. The molecule has 4 heteroatoms. The van der Waals surface area contributed by atoms with Gasteiger partial charge in [0.25, 0.3) is 5.56 Å². The Morgan fingerprint density at radius 1 is 1.26 bits per heavy atom. The maximum Gasteiger partial charge on any atom is 0.267 e. The fraction of sp³-hybridized carbons (Fsp3) is 0.400. The van der Waals surface area contributed by atoms with Gasteiger partial charge in [-0.3, -0.25) is 14.6 Å². The number of aromatic amines is 1. The van der Waals surface area contributed by atoms with E-state index in [1.807, 2.05) is 18.7 Å². The molecule has 1 heterocycles. The highest BCUT2D eigenvalue weighted by molar-refractivity contribution is 5.44. The van der Waals surface area contributed by atoms with Crippen LogP contribution in [0.2, 0.25) is 0 Å². The molecule has 0 saturated heterocycles. The van der Waals surface area contributed by atoms with E-state index in [0.717, 1.165) is 35.5 Å². The van der Waals surface area contributed by atoms with E-state index in [4.69, 9.17) is 0 Å². The molecule has 0 spiro atoms. The van der Waals surface area contributed by atoms with Crippen LogP contribution in [0.3, 0.4) is 0 Å². The number of benzene rings is 1. The number of nitrogens with one attached hydrogen (secondary N) is 2. The Kier molecular flexibility index (Phi) is 3.90. The Hall–Kier alpha value is -1.81. The maximum absolute atomic E-state index is 12.0. The van der Waals surface area contributed by atoms with Gasteiger partial charge in [-0.15, -0.1) is 0 Å². The molecule has 1 aromatic heterocycles. The quantitative estimate of drug-likeness (QED) is 0.880. The van der Waals surface area contributed by atoms with Gasteiger partial charge in [0.1, 0.15) is 0 Å². The van der Waals surface area contributed by atoms with Crippen LogP contribution in [0.15, 0.2) is 23.0 Å². The summed E-state index contributed by atoms with van der Waals surface area (Å²) in [7, 11) is 1.89. The molecule has 0 atom stereocenters. The van der Waals surface area contributed by atoms with Crippen LogP contribution in [0.5, 0.6) is 0 Å². The third-order valence-corrected chi connectivity index (χ3v) is 3.49. The summed E-state index contributed by atoms with van der Waals surface area (Å²) in [6, 6.07) is 6.26. The van der Waals surface area contributed by atoms with Crippen LogP contribution in [0.4, 0.5) is 0 Å². The van der Waals surface area contributed by atoms with E-state index in [1.54, 1.807) is 0 Å². The van der Waals surface area contributed by atoms with E-state index in [1.165, 1.54) is 5.56 Å². The van der Waals surface area contributed by atoms with E-state index < -0.39 is 0 Å². The predicted molar refractivity (Wildman–Crippen MR) is 78.2 cm³/mol. The van der Waals surface area contributed by atoms with Crippen LogP contribution in [0, 0.1) is 20.8 Å². The Bertz CT molecular complexity index is 637. The van der Waals surface area contributed by atoms with Crippen LogP contribution in [-0.4, -0.2) is 23.4 Å². The molecule has 2 aromatic rings. The first-order chi connectivity index (χ1) is 9.04. The van der Waals surface area contributed by atoms with Gasteiger partial charge < -0.3 is 5.32 Å². The van der Waals surface area contributed by atoms with Gasteiger partial charge in [-0.25, -0.2) is 0 Å². The second-order valence-electron chi connectivity index (χ2n) is 4.98. The number of nitrogens with zero attached hydrogens (tertiary/aromatic N) is 1. The predicted octanol–water partition coefficient (Wildman–Crippen LogP) is 1.85. The lowest BCUT2D eigenvalue weighted by Crippen LogP contribution is -2.15. The van der Waals surface area contributed by atoms with Crippen molar-refractivity contribution in [1.29, 1.82) is 0 Å². The van der Waals surface area contributed by atoms with Gasteiger partial charge in [-0.2, -0.15) is 0 Å². The van der Waals surface area contributed by atoms with Crippen molar-refractivity contribution >= 4 is 0 Å². The number of hydrogen-bond acceptors (Lipinski definition) is 2. The molecule has 0 bridgehead atoms. The van der Waals surface area contributed by atoms with E-state index in [-0.39, 0.29) is 5.56 Å². The molecule has 0 aliphatic heterocycles. The summed E-state index contributed by atoms with van der Waals surface area (Å²) in [4.78, 5) is 12.0. The lowest BCUT2D eigenvalue weighted by Gasteiger charge is -2.10. The zero-order valence-electron chi connectivity index (χ0n) is 12.0.